The number of hydrogen-bond acceptors (Lipinski definition) is 3. The van der Waals surface area contributed by atoms with E-state index < -0.39 is 0 Å². The molecule has 0 fully saturated rings. The van der Waals surface area contributed by atoms with E-state index in [0.29, 0.717) is 10.2 Å². The van der Waals surface area contributed by atoms with Crippen molar-refractivity contribution >= 4 is 37.5 Å². The third kappa shape index (κ3) is 4.20. The molecule has 0 amide bonds. The molecule has 1 rings (SSSR count). The third-order valence-corrected chi connectivity index (χ3v) is 4.37. The minimum Gasteiger partial charge on any atom is -0.233 e. The van der Waals surface area contributed by atoms with Crippen LogP contribution in [-0.4, -0.2) is 22.1 Å². The van der Waals surface area contributed by atoms with Crippen molar-refractivity contribution in [2.45, 2.75) is 59.5 Å². The zero-order valence-electron chi connectivity index (χ0n) is 13.8. The number of hydrazine groups is 2. The number of hydrogen-bond donors (Lipinski definition) is 0. The van der Waals surface area contributed by atoms with E-state index >= 15 is 0 Å². The van der Waals surface area contributed by atoms with Crippen LogP contribution in [0.2, 0.25) is 0 Å². The molecule has 0 spiro atoms. The Hall–Kier alpha value is -0.660. The van der Waals surface area contributed by atoms with Crippen LogP contribution in [0.25, 0.3) is 0 Å². The van der Waals surface area contributed by atoms with Gasteiger partial charge in [-0.3, -0.25) is 0 Å². The van der Waals surface area contributed by atoms with E-state index in [9.17, 15) is 10.1 Å². The van der Waals surface area contributed by atoms with Crippen LogP contribution in [0.15, 0.2) is 21.1 Å². The molecule has 0 radical (unpaired) electrons. The smallest absolute Gasteiger partial charge is 0.181 e. The summed E-state index contributed by atoms with van der Waals surface area (Å²) < 4.78 is 1.60. The molecule has 1 aromatic rings. The fraction of sp³-hybridized carbons (Fsp3) is 0.600. The van der Waals surface area contributed by atoms with Crippen molar-refractivity contribution in [1.29, 1.82) is 0 Å². The van der Waals surface area contributed by atoms with Crippen LogP contribution in [0.4, 0.5) is 5.69 Å². The Labute approximate surface area is 149 Å². The second-order valence-corrected chi connectivity index (χ2v) is 7.84. The number of benzene rings is 1. The van der Waals surface area contributed by atoms with E-state index in [1.165, 1.54) is 5.12 Å². The Morgan fingerprint density at radius 1 is 1.05 bits per heavy atom. The SMILES string of the molecule is CC(C)c1cc(Br)cc(Br)c1N(N(C(C)C)C(C)C)[N+](=O)[O-]. The van der Waals surface area contributed by atoms with Crippen LogP contribution in [0.5, 0.6) is 0 Å². The van der Waals surface area contributed by atoms with E-state index in [0.717, 1.165) is 10.0 Å². The second-order valence-electron chi connectivity index (χ2n) is 6.07. The normalized spacial score (nSPS) is 11.8. The van der Waals surface area contributed by atoms with E-state index in [1.807, 2.05) is 53.7 Å². The van der Waals surface area contributed by atoms with Gasteiger partial charge in [0.25, 0.3) is 0 Å². The molecule has 0 heterocycles. The topological polar surface area (TPSA) is 49.6 Å². The molecule has 1 aromatic carbocycles. The largest absolute Gasteiger partial charge is 0.233 e. The quantitative estimate of drug-likeness (QED) is 0.444. The summed E-state index contributed by atoms with van der Waals surface area (Å²) in [4.78, 5) is 11.8. The van der Waals surface area contributed by atoms with Crippen molar-refractivity contribution in [3.8, 4) is 0 Å². The first-order valence-corrected chi connectivity index (χ1v) is 8.88. The zero-order valence-corrected chi connectivity index (χ0v) is 17.0. The van der Waals surface area contributed by atoms with Gasteiger partial charge in [-0.15, -0.1) is 0 Å². The van der Waals surface area contributed by atoms with Gasteiger partial charge in [0.2, 0.25) is 0 Å². The van der Waals surface area contributed by atoms with Gasteiger partial charge in [0.1, 0.15) is 5.69 Å². The molecule has 0 unspecified atom stereocenters. The van der Waals surface area contributed by atoms with Gasteiger partial charge >= 0.3 is 0 Å². The van der Waals surface area contributed by atoms with Crippen LogP contribution in [-0.2, 0) is 0 Å². The highest BCUT2D eigenvalue weighted by Gasteiger charge is 2.35. The maximum absolute atomic E-state index is 11.8. The molecule has 0 aliphatic heterocycles. The highest BCUT2D eigenvalue weighted by Crippen LogP contribution is 2.39. The van der Waals surface area contributed by atoms with Crippen molar-refractivity contribution in [3.05, 3.63) is 36.8 Å². The van der Waals surface area contributed by atoms with Gasteiger partial charge in [0.05, 0.1) is 4.47 Å². The maximum atomic E-state index is 11.8. The standard InChI is InChI=1S/C15H23Br2N3O2/c1-9(2)13-7-12(16)8-14(17)15(13)19(20(21)22)18(10(3)4)11(5)6/h7-11H,1-6H3. The summed E-state index contributed by atoms with van der Waals surface area (Å²) in [5.74, 6) is 0.160. The van der Waals surface area contributed by atoms with Crippen LogP contribution < -0.4 is 5.12 Å². The van der Waals surface area contributed by atoms with Crippen LogP contribution >= 0.6 is 31.9 Å². The summed E-state index contributed by atoms with van der Waals surface area (Å²) in [5.41, 5.74) is 1.51. The number of nitrogens with zero attached hydrogens (tertiary/aromatic N) is 3. The molecule has 0 aromatic heterocycles. The number of anilines is 1. The minimum absolute atomic E-state index is 0.000888. The Morgan fingerprint density at radius 2 is 1.55 bits per heavy atom. The Balaban J connectivity index is 3.61. The molecule has 0 saturated heterocycles. The first-order chi connectivity index (χ1) is 10.1. The van der Waals surface area contributed by atoms with Gasteiger partial charge in [0.15, 0.2) is 5.03 Å². The van der Waals surface area contributed by atoms with E-state index in [-0.39, 0.29) is 23.0 Å². The Bertz CT molecular complexity index is 540. The Kier molecular flexibility index (Phi) is 6.83. The van der Waals surface area contributed by atoms with Gasteiger partial charge in [-0.25, -0.2) is 10.1 Å². The summed E-state index contributed by atoms with van der Waals surface area (Å²) in [6.45, 7) is 11.9. The summed E-state index contributed by atoms with van der Waals surface area (Å²) in [7, 11) is 0. The lowest BCUT2D eigenvalue weighted by atomic mass is 10.0. The van der Waals surface area contributed by atoms with Gasteiger partial charge in [0, 0.05) is 16.6 Å². The van der Waals surface area contributed by atoms with Gasteiger partial charge in [-0.1, -0.05) is 29.8 Å². The highest BCUT2D eigenvalue weighted by molar-refractivity contribution is 9.11. The van der Waals surface area contributed by atoms with Crippen molar-refractivity contribution < 1.29 is 5.03 Å². The lowest BCUT2D eigenvalue weighted by molar-refractivity contribution is -0.527. The molecule has 0 saturated carbocycles. The van der Waals surface area contributed by atoms with Crippen molar-refractivity contribution in [3.63, 3.8) is 0 Å². The van der Waals surface area contributed by atoms with Crippen molar-refractivity contribution in [2.24, 2.45) is 0 Å². The molecule has 0 N–H and O–H groups in total. The molecule has 0 aliphatic carbocycles. The molecule has 0 atom stereocenters. The Morgan fingerprint density at radius 3 is 1.91 bits per heavy atom. The summed E-state index contributed by atoms with van der Waals surface area (Å²) in [6, 6.07) is 3.79. The first kappa shape index (κ1) is 19.4. The molecular weight excluding hydrogens is 414 g/mol. The first-order valence-electron chi connectivity index (χ1n) is 7.29. The average molecular weight is 437 g/mol. The molecular formula is C15H23Br2N3O2. The number of rotatable bonds is 6. The fourth-order valence-corrected chi connectivity index (χ4v) is 3.97. The van der Waals surface area contributed by atoms with E-state index in [4.69, 9.17) is 0 Å². The number of nitro groups is 1. The summed E-state index contributed by atoms with van der Waals surface area (Å²) in [6.07, 6.45) is 0. The lowest BCUT2D eigenvalue weighted by Gasteiger charge is -2.35. The van der Waals surface area contributed by atoms with Crippen molar-refractivity contribution in [2.75, 3.05) is 5.12 Å². The summed E-state index contributed by atoms with van der Waals surface area (Å²) >= 11 is 6.96. The molecule has 0 bridgehead atoms. The molecule has 0 aliphatic rings. The van der Waals surface area contributed by atoms with Gasteiger partial charge in [-0.05, 0) is 72.4 Å². The van der Waals surface area contributed by atoms with Crippen LogP contribution in [0.3, 0.4) is 0 Å². The van der Waals surface area contributed by atoms with E-state index in [1.54, 1.807) is 5.01 Å². The molecule has 5 nitrogen and oxygen atoms in total. The minimum atomic E-state index is -0.347. The maximum Gasteiger partial charge on any atom is 0.181 e. The third-order valence-electron chi connectivity index (χ3n) is 3.31. The molecule has 124 valence electrons. The molecule has 7 heteroatoms. The monoisotopic (exact) mass is 435 g/mol. The van der Waals surface area contributed by atoms with E-state index in [2.05, 4.69) is 31.9 Å². The average Bonchev–Trinajstić information content (AvgIpc) is 2.34. The number of halogens is 2. The second kappa shape index (κ2) is 7.75. The summed E-state index contributed by atoms with van der Waals surface area (Å²) in [5, 5.41) is 14.4. The zero-order chi connectivity index (χ0) is 17.2. The predicted molar refractivity (Wildman–Crippen MR) is 97.5 cm³/mol. The van der Waals surface area contributed by atoms with Gasteiger partial charge < -0.3 is 0 Å². The van der Waals surface area contributed by atoms with Crippen LogP contribution in [0.1, 0.15) is 53.0 Å². The van der Waals surface area contributed by atoms with Crippen molar-refractivity contribution in [1.82, 2.24) is 5.01 Å². The lowest BCUT2D eigenvalue weighted by Crippen LogP contribution is -2.54. The fourth-order valence-electron chi connectivity index (χ4n) is 2.55. The molecule has 22 heavy (non-hydrogen) atoms. The van der Waals surface area contributed by atoms with Crippen LogP contribution in [0, 0.1) is 10.1 Å². The highest BCUT2D eigenvalue weighted by atomic mass is 79.9. The van der Waals surface area contributed by atoms with Gasteiger partial charge in [-0.2, -0.15) is 5.01 Å². The predicted octanol–water partition coefficient (Wildman–Crippen LogP) is 5.37.